The molecule has 30 heavy (non-hydrogen) atoms. The summed E-state index contributed by atoms with van der Waals surface area (Å²) in [5, 5.41) is 20.8. The molecular weight excluding hydrogens is 404 g/mol. The van der Waals surface area contributed by atoms with Crippen molar-refractivity contribution in [1.82, 2.24) is 0 Å². The third kappa shape index (κ3) is 5.16. The molecule has 0 fully saturated rings. The zero-order valence-corrected chi connectivity index (χ0v) is 16.8. The van der Waals surface area contributed by atoms with Crippen molar-refractivity contribution >= 4 is 28.9 Å². The molecule has 150 valence electrons. The van der Waals surface area contributed by atoms with Gasteiger partial charge < -0.3 is 9.47 Å². The maximum atomic E-state index is 10.7. The molecule has 0 aliphatic rings. The van der Waals surface area contributed by atoms with Crippen LogP contribution in [0.15, 0.2) is 66.7 Å². The molecule has 0 saturated heterocycles. The lowest BCUT2D eigenvalue weighted by Gasteiger charge is -2.11. The number of ether oxygens (including phenoxy) is 2. The molecule has 0 unspecified atom stereocenters. The number of nitro groups is 1. The second-order valence-electron chi connectivity index (χ2n) is 6.30. The standard InChI is InChI=1S/C23H17ClN2O4/c1-29-23-13-17(12-19(14-25)18-5-7-20(24)8-6-18)4-11-22(23)30-15-16-2-9-21(10-3-16)26(27)28/h2-13H,15H2,1H3/b19-12-. The molecule has 0 atom stereocenters. The van der Waals surface area contributed by atoms with Gasteiger partial charge in [-0.2, -0.15) is 5.26 Å². The molecule has 0 bridgehead atoms. The molecule has 6 nitrogen and oxygen atoms in total. The smallest absolute Gasteiger partial charge is 0.269 e. The predicted octanol–water partition coefficient (Wildman–Crippen LogP) is 5.90. The van der Waals surface area contributed by atoms with E-state index in [1.807, 2.05) is 6.07 Å². The number of nitro benzene ring substituents is 1. The van der Waals surface area contributed by atoms with Gasteiger partial charge in [-0.1, -0.05) is 29.8 Å². The first kappa shape index (κ1) is 20.9. The number of nitriles is 1. The fraction of sp³-hybridized carbons (Fsp3) is 0.0870. The first-order chi connectivity index (χ1) is 14.5. The van der Waals surface area contributed by atoms with E-state index >= 15 is 0 Å². The molecular formula is C23H17ClN2O4. The summed E-state index contributed by atoms with van der Waals surface area (Å²) in [6.45, 7) is 0.234. The number of methoxy groups -OCH3 is 1. The minimum atomic E-state index is -0.445. The van der Waals surface area contributed by atoms with Crippen LogP contribution >= 0.6 is 11.6 Å². The summed E-state index contributed by atoms with van der Waals surface area (Å²) in [7, 11) is 1.53. The fourth-order valence-electron chi connectivity index (χ4n) is 2.74. The normalized spacial score (nSPS) is 10.9. The highest BCUT2D eigenvalue weighted by molar-refractivity contribution is 6.30. The number of benzene rings is 3. The zero-order chi connectivity index (χ0) is 21.5. The Morgan fingerprint density at radius 2 is 1.80 bits per heavy atom. The Hall–Kier alpha value is -3.82. The van der Waals surface area contributed by atoms with Gasteiger partial charge in [0.25, 0.3) is 5.69 Å². The van der Waals surface area contributed by atoms with E-state index in [0.717, 1.165) is 16.7 Å². The number of halogens is 1. The lowest BCUT2D eigenvalue weighted by atomic mass is 10.0. The van der Waals surface area contributed by atoms with Crippen LogP contribution in [0, 0.1) is 21.4 Å². The van der Waals surface area contributed by atoms with Gasteiger partial charge in [0, 0.05) is 17.2 Å². The van der Waals surface area contributed by atoms with Crippen LogP contribution in [0.4, 0.5) is 5.69 Å². The first-order valence-corrected chi connectivity index (χ1v) is 9.30. The number of hydrogen-bond acceptors (Lipinski definition) is 5. The Balaban J connectivity index is 1.78. The summed E-state index contributed by atoms with van der Waals surface area (Å²) < 4.78 is 11.2. The van der Waals surface area contributed by atoms with Crippen molar-refractivity contribution in [2.24, 2.45) is 0 Å². The van der Waals surface area contributed by atoms with Crippen LogP contribution in [-0.2, 0) is 6.61 Å². The second kappa shape index (κ2) is 9.59. The Morgan fingerprint density at radius 3 is 2.40 bits per heavy atom. The number of non-ortho nitro benzene ring substituents is 1. The summed E-state index contributed by atoms with van der Waals surface area (Å²) in [4.78, 5) is 10.3. The SMILES string of the molecule is COc1cc(/C=C(/C#N)c2ccc(Cl)cc2)ccc1OCc1ccc([N+](=O)[O-])cc1. The van der Waals surface area contributed by atoms with Crippen LogP contribution in [0.5, 0.6) is 11.5 Å². The quantitative estimate of drug-likeness (QED) is 0.205. The van der Waals surface area contributed by atoms with E-state index in [9.17, 15) is 15.4 Å². The molecule has 0 aliphatic carbocycles. The molecule has 3 aromatic carbocycles. The minimum absolute atomic E-state index is 0.0291. The number of allylic oxidation sites excluding steroid dienone is 1. The highest BCUT2D eigenvalue weighted by atomic mass is 35.5. The van der Waals surface area contributed by atoms with Gasteiger partial charge in [0.2, 0.25) is 0 Å². The molecule has 0 N–H and O–H groups in total. The summed E-state index contributed by atoms with van der Waals surface area (Å²) in [5.74, 6) is 1.04. The lowest BCUT2D eigenvalue weighted by molar-refractivity contribution is -0.384. The van der Waals surface area contributed by atoms with Crippen LogP contribution < -0.4 is 9.47 Å². The molecule has 0 amide bonds. The Bertz CT molecular complexity index is 1120. The number of hydrogen-bond donors (Lipinski definition) is 0. The third-order valence-corrected chi connectivity index (χ3v) is 4.57. The zero-order valence-electron chi connectivity index (χ0n) is 16.0. The molecule has 0 aliphatic heterocycles. The van der Waals surface area contributed by atoms with Crippen LogP contribution in [0.25, 0.3) is 11.6 Å². The highest BCUT2D eigenvalue weighted by Crippen LogP contribution is 2.31. The Morgan fingerprint density at radius 1 is 1.10 bits per heavy atom. The van der Waals surface area contributed by atoms with E-state index in [1.54, 1.807) is 54.6 Å². The largest absolute Gasteiger partial charge is 0.493 e. The summed E-state index contributed by atoms with van der Waals surface area (Å²) in [6, 6.07) is 20.8. The second-order valence-corrected chi connectivity index (χ2v) is 6.74. The molecule has 0 spiro atoms. The van der Waals surface area contributed by atoms with Gasteiger partial charge in [-0.05, 0) is 59.2 Å². The Kier molecular flexibility index (Phi) is 6.68. The maximum absolute atomic E-state index is 10.7. The molecule has 0 heterocycles. The van der Waals surface area contributed by atoms with Gasteiger partial charge in [-0.3, -0.25) is 10.1 Å². The molecule has 3 rings (SSSR count). The van der Waals surface area contributed by atoms with E-state index < -0.39 is 4.92 Å². The molecule has 3 aromatic rings. The monoisotopic (exact) mass is 420 g/mol. The summed E-state index contributed by atoms with van der Waals surface area (Å²) in [5.41, 5.74) is 2.86. The van der Waals surface area contributed by atoms with Crippen LogP contribution in [0.1, 0.15) is 16.7 Å². The fourth-order valence-corrected chi connectivity index (χ4v) is 2.87. The first-order valence-electron chi connectivity index (χ1n) is 8.92. The van der Waals surface area contributed by atoms with Crippen molar-refractivity contribution in [3.8, 4) is 17.6 Å². The van der Waals surface area contributed by atoms with E-state index in [0.29, 0.717) is 22.1 Å². The van der Waals surface area contributed by atoms with Gasteiger partial charge in [0.15, 0.2) is 11.5 Å². The van der Waals surface area contributed by atoms with E-state index in [2.05, 4.69) is 6.07 Å². The van der Waals surface area contributed by atoms with Crippen molar-refractivity contribution < 1.29 is 14.4 Å². The predicted molar refractivity (Wildman–Crippen MR) is 115 cm³/mol. The van der Waals surface area contributed by atoms with Crippen molar-refractivity contribution in [3.05, 3.63) is 98.6 Å². The van der Waals surface area contributed by atoms with Crippen molar-refractivity contribution in [3.63, 3.8) is 0 Å². The highest BCUT2D eigenvalue weighted by Gasteiger charge is 2.09. The van der Waals surface area contributed by atoms with Gasteiger partial charge >= 0.3 is 0 Å². The molecule has 0 radical (unpaired) electrons. The topological polar surface area (TPSA) is 85.4 Å². The van der Waals surface area contributed by atoms with Crippen molar-refractivity contribution in [2.45, 2.75) is 6.61 Å². The minimum Gasteiger partial charge on any atom is -0.493 e. The van der Waals surface area contributed by atoms with E-state index in [4.69, 9.17) is 21.1 Å². The van der Waals surface area contributed by atoms with Gasteiger partial charge in [0.05, 0.1) is 23.7 Å². The molecule has 0 aromatic heterocycles. The average molecular weight is 421 g/mol. The van der Waals surface area contributed by atoms with Crippen LogP contribution in [0.2, 0.25) is 5.02 Å². The lowest BCUT2D eigenvalue weighted by Crippen LogP contribution is -1.98. The van der Waals surface area contributed by atoms with Crippen molar-refractivity contribution in [2.75, 3.05) is 7.11 Å². The summed E-state index contributed by atoms with van der Waals surface area (Å²) >= 11 is 5.91. The van der Waals surface area contributed by atoms with Crippen LogP contribution in [-0.4, -0.2) is 12.0 Å². The average Bonchev–Trinajstić information content (AvgIpc) is 2.77. The maximum Gasteiger partial charge on any atom is 0.269 e. The summed E-state index contributed by atoms with van der Waals surface area (Å²) in [6.07, 6.45) is 1.76. The van der Waals surface area contributed by atoms with Crippen LogP contribution in [0.3, 0.4) is 0 Å². The molecule has 0 saturated carbocycles. The Labute approximate surface area is 178 Å². The number of nitrogens with zero attached hydrogens (tertiary/aromatic N) is 2. The van der Waals surface area contributed by atoms with Crippen molar-refractivity contribution in [1.29, 1.82) is 5.26 Å². The van der Waals surface area contributed by atoms with Gasteiger partial charge in [0.1, 0.15) is 6.61 Å². The van der Waals surface area contributed by atoms with Gasteiger partial charge in [-0.15, -0.1) is 0 Å². The molecule has 7 heteroatoms. The van der Waals surface area contributed by atoms with E-state index in [-0.39, 0.29) is 12.3 Å². The van der Waals surface area contributed by atoms with Gasteiger partial charge in [-0.25, -0.2) is 0 Å². The third-order valence-electron chi connectivity index (χ3n) is 4.32. The van der Waals surface area contributed by atoms with E-state index in [1.165, 1.54) is 19.2 Å². The number of rotatable bonds is 7.